The Labute approximate surface area is 167 Å². The van der Waals surface area contributed by atoms with Crippen molar-refractivity contribution in [2.75, 3.05) is 13.1 Å². The summed E-state index contributed by atoms with van der Waals surface area (Å²) in [6.45, 7) is 5.74. The molecule has 158 valence electrons. The summed E-state index contributed by atoms with van der Waals surface area (Å²) in [7, 11) is -3.76. The molecule has 0 spiro atoms. The van der Waals surface area contributed by atoms with Crippen molar-refractivity contribution in [1.82, 2.24) is 14.3 Å². The summed E-state index contributed by atoms with van der Waals surface area (Å²) in [5.41, 5.74) is 1.19. The number of benzene rings is 1. The Hall–Kier alpha value is -2.20. The van der Waals surface area contributed by atoms with E-state index in [9.17, 15) is 21.6 Å². The van der Waals surface area contributed by atoms with Gasteiger partial charge in [-0.3, -0.25) is 0 Å². The Morgan fingerprint density at radius 3 is 2.45 bits per heavy atom. The zero-order valence-corrected chi connectivity index (χ0v) is 17.1. The van der Waals surface area contributed by atoms with Gasteiger partial charge in [-0.25, -0.2) is 13.4 Å². The van der Waals surface area contributed by atoms with E-state index in [1.54, 1.807) is 13.8 Å². The number of piperidine rings is 1. The predicted molar refractivity (Wildman–Crippen MR) is 100 cm³/mol. The Morgan fingerprint density at radius 1 is 1.17 bits per heavy atom. The normalized spacial score (nSPS) is 18.6. The topological polar surface area (TPSA) is 72.4 Å². The third-order valence-corrected chi connectivity index (χ3v) is 6.91. The van der Waals surface area contributed by atoms with Crippen molar-refractivity contribution in [3.63, 3.8) is 0 Å². The number of hydrogen-bond donors (Lipinski definition) is 0. The lowest BCUT2D eigenvalue weighted by Crippen LogP contribution is -2.44. The number of aryl methyl sites for hydroxylation is 3. The van der Waals surface area contributed by atoms with Crippen LogP contribution in [0.15, 0.2) is 29.3 Å². The molecule has 0 aliphatic carbocycles. The fourth-order valence-corrected chi connectivity index (χ4v) is 5.55. The fraction of sp³-hybridized carbons (Fsp3) is 0.474. The number of alkyl halides is 3. The molecule has 1 aliphatic rings. The average Bonchev–Trinajstić information content (AvgIpc) is 2.60. The lowest BCUT2D eigenvalue weighted by Gasteiger charge is -2.32. The highest BCUT2D eigenvalue weighted by molar-refractivity contribution is 7.89. The number of halogens is 3. The van der Waals surface area contributed by atoms with E-state index in [1.165, 1.54) is 4.31 Å². The summed E-state index contributed by atoms with van der Waals surface area (Å²) in [5, 5.41) is 0. The second-order valence-corrected chi connectivity index (χ2v) is 9.07. The summed E-state index contributed by atoms with van der Waals surface area (Å²) in [6.07, 6.45) is -3.25. The van der Waals surface area contributed by atoms with E-state index in [0.717, 1.165) is 17.8 Å². The van der Waals surface area contributed by atoms with Crippen LogP contribution < -0.4 is 4.74 Å². The first-order valence-corrected chi connectivity index (χ1v) is 10.6. The lowest BCUT2D eigenvalue weighted by molar-refractivity contribution is -0.141. The number of hydrogen-bond acceptors (Lipinski definition) is 5. The fourth-order valence-electron chi connectivity index (χ4n) is 3.63. The molecule has 6 nitrogen and oxygen atoms in total. The quantitative estimate of drug-likeness (QED) is 0.742. The summed E-state index contributed by atoms with van der Waals surface area (Å²) in [4.78, 5) is 7.39. The van der Waals surface area contributed by atoms with Gasteiger partial charge >= 0.3 is 12.2 Å². The molecule has 0 amide bonds. The van der Waals surface area contributed by atoms with Crippen LogP contribution >= 0.6 is 0 Å². The van der Waals surface area contributed by atoms with Crippen LogP contribution in [-0.4, -0.2) is 41.9 Å². The maximum Gasteiger partial charge on any atom is 0.433 e. The van der Waals surface area contributed by atoms with Gasteiger partial charge in [0.05, 0.1) is 11.4 Å². The van der Waals surface area contributed by atoms with Crippen LogP contribution in [0, 0.1) is 20.8 Å². The molecule has 1 aliphatic heterocycles. The summed E-state index contributed by atoms with van der Waals surface area (Å²) in [6, 6.07) is 3.97. The van der Waals surface area contributed by atoms with Gasteiger partial charge in [-0.05, 0) is 50.8 Å². The Bertz CT molecular complexity index is 986. The highest BCUT2D eigenvalue weighted by Gasteiger charge is 2.35. The molecule has 0 N–H and O–H groups in total. The zero-order valence-electron chi connectivity index (χ0n) is 16.3. The van der Waals surface area contributed by atoms with Crippen LogP contribution in [0.4, 0.5) is 13.2 Å². The van der Waals surface area contributed by atoms with E-state index in [0.29, 0.717) is 30.5 Å². The van der Waals surface area contributed by atoms with Gasteiger partial charge in [0.1, 0.15) is 6.10 Å². The second kappa shape index (κ2) is 7.91. The van der Waals surface area contributed by atoms with Gasteiger partial charge in [-0.1, -0.05) is 17.7 Å². The summed E-state index contributed by atoms with van der Waals surface area (Å²) < 4.78 is 71.7. The molecular formula is C19H22F3N3O3S. The smallest absolute Gasteiger partial charge is 0.433 e. The van der Waals surface area contributed by atoms with Gasteiger partial charge in [0, 0.05) is 12.7 Å². The molecule has 1 saturated heterocycles. The lowest BCUT2D eigenvalue weighted by atomic mass is 10.1. The van der Waals surface area contributed by atoms with Crippen molar-refractivity contribution in [2.24, 2.45) is 0 Å². The Morgan fingerprint density at radius 2 is 1.83 bits per heavy atom. The van der Waals surface area contributed by atoms with Crippen LogP contribution in [-0.2, 0) is 16.2 Å². The molecule has 2 aromatic rings. The van der Waals surface area contributed by atoms with Crippen LogP contribution in [0.25, 0.3) is 0 Å². The maximum absolute atomic E-state index is 13.2. The molecule has 0 saturated carbocycles. The molecule has 1 fully saturated rings. The van der Waals surface area contributed by atoms with Crippen molar-refractivity contribution >= 4 is 10.0 Å². The van der Waals surface area contributed by atoms with Crippen molar-refractivity contribution in [3.8, 4) is 6.01 Å². The second-order valence-electron chi connectivity index (χ2n) is 7.20. The monoisotopic (exact) mass is 429 g/mol. The molecule has 0 radical (unpaired) electrons. The van der Waals surface area contributed by atoms with Crippen molar-refractivity contribution in [2.45, 2.75) is 50.8 Å². The molecular weight excluding hydrogens is 407 g/mol. The van der Waals surface area contributed by atoms with Crippen LogP contribution in [0.3, 0.4) is 0 Å². The summed E-state index contributed by atoms with van der Waals surface area (Å²) >= 11 is 0. The first-order valence-electron chi connectivity index (χ1n) is 9.13. The average molecular weight is 429 g/mol. The molecule has 10 heteroatoms. The molecule has 0 bridgehead atoms. The van der Waals surface area contributed by atoms with E-state index >= 15 is 0 Å². The first-order chi connectivity index (χ1) is 13.5. The number of ether oxygens (including phenoxy) is 1. The number of aromatic nitrogens is 2. The molecule has 1 unspecified atom stereocenters. The third kappa shape index (κ3) is 4.69. The minimum absolute atomic E-state index is 0.0225. The third-order valence-electron chi connectivity index (χ3n) is 4.74. The van der Waals surface area contributed by atoms with Gasteiger partial charge in [0.2, 0.25) is 10.0 Å². The summed E-state index contributed by atoms with van der Waals surface area (Å²) in [5.74, 6) is 0. The minimum atomic E-state index is -4.61. The molecule has 3 rings (SSSR count). The molecule has 1 aromatic carbocycles. The van der Waals surface area contributed by atoms with Crippen LogP contribution in [0.2, 0.25) is 0 Å². The van der Waals surface area contributed by atoms with Crippen molar-refractivity contribution in [1.29, 1.82) is 0 Å². The SMILES string of the molecule is Cc1cc(C)c(S(=O)(=O)N2CCCC(Oc3nccc(C(F)(F)F)n3)C2)c(C)c1. The van der Waals surface area contributed by atoms with Gasteiger partial charge < -0.3 is 4.74 Å². The van der Waals surface area contributed by atoms with E-state index in [4.69, 9.17) is 4.74 Å². The standard InChI is InChI=1S/C19H22F3N3O3S/c1-12-9-13(2)17(14(3)10-12)29(26,27)25-8-4-5-15(11-25)28-18-23-7-6-16(24-18)19(20,21)22/h6-7,9-10,15H,4-5,8,11H2,1-3H3. The molecule has 1 atom stereocenters. The Kier molecular flexibility index (Phi) is 5.86. The van der Waals surface area contributed by atoms with Gasteiger partial charge in [-0.15, -0.1) is 0 Å². The van der Waals surface area contributed by atoms with Gasteiger partial charge in [-0.2, -0.15) is 22.5 Å². The molecule has 29 heavy (non-hydrogen) atoms. The first kappa shape index (κ1) is 21.5. The molecule has 2 heterocycles. The highest BCUT2D eigenvalue weighted by Crippen LogP contribution is 2.30. The number of sulfonamides is 1. The van der Waals surface area contributed by atoms with Gasteiger partial charge in [0.15, 0.2) is 5.69 Å². The maximum atomic E-state index is 13.2. The Balaban J connectivity index is 1.81. The van der Waals surface area contributed by atoms with E-state index in [2.05, 4.69) is 9.97 Å². The van der Waals surface area contributed by atoms with E-state index in [-0.39, 0.29) is 11.4 Å². The van der Waals surface area contributed by atoms with Crippen molar-refractivity contribution < 1.29 is 26.3 Å². The number of nitrogens with zero attached hydrogens (tertiary/aromatic N) is 3. The van der Waals surface area contributed by atoms with Crippen molar-refractivity contribution in [3.05, 3.63) is 46.8 Å². The highest BCUT2D eigenvalue weighted by atomic mass is 32.2. The van der Waals surface area contributed by atoms with E-state index < -0.39 is 34.0 Å². The zero-order chi connectivity index (χ0) is 21.4. The molecule has 1 aromatic heterocycles. The largest absolute Gasteiger partial charge is 0.459 e. The van der Waals surface area contributed by atoms with E-state index in [1.807, 2.05) is 19.1 Å². The van der Waals surface area contributed by atoms with Crippen LogP contribution in [0.1, 0.15) is 35.2 Å². The number of rotatable bonds is 4. The predicted octanol–water partition coefficient (Wildman–Crippen LogP) is 3.65. The van der Waals surface area contributed by atoms with Crippen LogP contribution in [0.5, 0.6) is 6.01 Å². The minimum Gasteiger partial charge on any atom is -0.459 e. The van der Waals surface area contributed by atoms with Gasteiger partial charge in [0.25, 0.3) is 0 Å².